The van der Waals surface area contributed by atoms with Gasteiger partial charge in [-0.15, -0.1) is 0 Å². The third-order valence-electron chi connectivity index (χ3n) is 1.70. The van der Waals surface area contributed by atoms with Crippen LogP contribution in [0.3, 0.4) is 0 Å². The minimum atomic E-state index is -0.558. The van der Waals surface area contributed by atoms with Crippen molar-refractivity contribution in [1.82, 2.24) is 0 Å². The van der Waals surface area contributed by atoms with Gasteiger partial charge in [0, 0.05) is 16.7 Å². The van der Waals surface area contributed by atoms with Crippen LogP contribution in [0.1, 0.15) is 10.4 Å². The van der Waals surface area contributed by atoms with Crippen molar-refractivity contribution in [2.45, 2.75) is 0 Å². The van der Waals surface area contributed by atoms with E-state index < -0.39 is 5.97 Å². The molecule has 0 unspecified atom stereocenters. The standard InChI is InChI=1S/C11H9ClO3/c1-15-11(14)7-6-10(13)8-2-4-9(12)5-3-8/h2-7H,1H3/b7-6+. The molecule has 0 saturated heterocycles. The number of ether oxygens (including phenoxy) is 1. The van der Waals surface area contributed by atoms with E-state index in [1.165, 1.54) is 7.11 Å². The van der Waals surface area contributed by atoms with Crippen molar-refractivity contribution in [3.63, 3.8) is 0 Å². The monoisotopic (exact) mass is 224 g/mol. The molecule has 4 heteroatoms. The molecule has 0 aliphatic carbocycles. The molecule has 0 aromatic heterocycles. The summed E-state index contributed by atoms with van der Waals surface area (Å²) in [6.07, 6.45) is 2.24. The lowest BCUT2D eigenvalue weighted by molar-refractivity contribution is -0.134. The maximum Gasteiger partial charge on any atom is 0.330 e. The summed E-state index contributed by atoms with van der Waals surface area (Å²) in [6.45, 7) is 0. The Hall–Kier alpha value is -1.61. The number of ketones is 1. The summed E-state index contributed by atoms with van der Waals surface area (Å²) >= 11 is 5.66. The summed E-state index contributed by atoms with van der Waals surface area (Å²) < 4.78 is 4.36. The lowest BCUT2D eigenvalue weighted by atomic mass is 10.1. The number of halogens is 1. The van der Waals surface area contributed by atoms with Crippen molar-refractivity contribution >= 4 is 23.4 Å². The predicted molar refractivity (Wildman–Crippen MR) is 56.9 cm³/mol. The molecular formula is C11H9ClO3. The zero-order valence-corrected chi connectivity index (χ0v) is 8.82. The lowest BCUT2D eigenvalue weighted by Gasteiger charge is -1.95. The fourth-order valence-corrected chi connectivity index (χ4v) is 1.05. The highest BCUT2D eigenvalue weighted by atomic mass is 35.5. The van der Waals surface area contributed by atoms with Crippen molar-refractivity contribution in [3.05, 3.63) is 47.0 Å². The third-order valence-corrected chi connectivity index (χ3v) is 1.95. The molecule has 1 aromatic rings. The Morgan fingerprint density at radius 3 is 2.33 bits per heavy atom. The fourth-order valence-electron chi connectivity index (χ4n) is 0.922. The zero-order valence-electron chi connectivity index (χ0n) is 8.07. The molecule has 0 bridgehead atoms. The molecule has 0 atom stereocenters. The lowest BCUT2D eigenvalue weighted by Crippen LogP contribution is -1.98. The number of hydrogen-bond donors (Lipinski definition) is 0. The molecule has 0 saturated carbocycles. The first kappa shape index (κ1) is 11.5. The fraction of sp³-hybridized carbons (Fsp3) is 0.0909. The highest BCUT2D eigenvalue weighted by Gasteiger charge is 2.02. The Kier molecular flexibility index (Phi) is 4.06. The van der Waals surface area contributed by atoms with Crippen LogP contribution in [0.15, 0.2) is 36.4 Å². The average molecular weight is 225 g/mol. The molecule has 1 rings (SSSR count). The first-order chi connectivity index (χ1) is 7.13. The number of hydrogen-bond acceptors (Lipinski definition) is 3. The molecule has 1 aromatic carbocycles. The summed E-state index contributed by atoms with van der Waals surface area (Å²) in [5, 5.41) is 0.559. The van der Waals surface area contributed by atoms with E-state index in [0.29, 0.717) is 10.6 Å². The minimum Gasteiger partial charge on any atom is -0.466 e. The van der Waals surface area contributed by atoms with E-state index in [9.17, 15) is 9.59 Å². The second-order valence-corrected chi connectivity index (χ2v) is 3.16. The van der Waals surface area contributed by atoms with Gasteiger partial charge in [-0.3, -0.25) is 4.79 Å². The molecule has 0 N–H and O–H groups in total. The second-order valence-electron chi connectivity index (χ2n) is 2.73. The van der Waals surface area contributed by atoms with E-state index in [1.807, 2.05) is 0 Å². The van der Waals surface area contributed by atoms with Gasteiger partial charge in [0.1, 0.15) is 0 Å². The van der Waals surface area contributed by atoms with Crippen molar-refractivity contribution < 1.29 is 14.3 Å². The molecule has 0 aliphatic rings. The quantitative estimate of drug-likeness (QED) is 0.449. The maximum absolute atomic E-state index is 11.4. The summed E-state index contributed by atoms with van der Waals surface area (Å²) in [5.41, 5.74) is 0.472. The van der Waals surface area contributed by atoms with Crippen LogP contribution in [0, 0.1) is 0 Å². The Labute approximate surface area is 92.3 Å². The van der Waals surface area contributed by atoms with Crippen LogP contribution in [0.25, 0.3) is 0 Å². The smallest absolute Gasteiger partial charge is 0.330 e. The van der Waals surface area contributed by atoms with Gasteiger partial charge in [-0.2, -0.15) is 0 Å². The topological polar surface area (TPSA) is 43.4 Å². The van der Waals surface area contributed by atoms with E-state index >= 15 is 0 Å². The van der Waals surface area contributed by atoms with E-state index in [-0.39, 0.29) is 5.78 Å². The Morgan fingerprint density at radius 2 is 1.80 bits per heavy atom. The Bertz CT molecular complexity index is 393. The highest BCUT2D eigenvalue weighted by Crippen LogP contribution is 2.10. The molecule has 78 valence electrons. The van der Waals surface area contributed by atoms with Crippen LogP contribution >= 0.6 is 11.6 Å². The molecule has 0 aliphatic heterocycles. The zero-order chi connectivity index (χ0) is 11.3. The Morgan fingerprint density at radius 1 is 1.20 bits per heavy atom. The number of benzene rings is 1. The van der Waals surface area contributed by atoms with E-state index in [0.717, 1.165) is 12.2 Å². The minimum absolute atomic E-state index is 0.267. The molecule has 15 heavy (non-hydrogen) atoms. The maximum atomic E-state index is 11.4. The molecule has 3 nitrogen and oxygen atoms in total. The SMILES string of the molecule is COC(=O)/C=C/C(=O)c1ccc(Cl)cc1. The van der Waals surface area contributed by atoms with E-state index in [4.69, 9.17) is 11.6 Å². The first-order valence-electron chi connectivity index (χ1n) is 4.19. The Balaban J connectivity index is 2.73. The van der Waals surface area contributed by atoms with Gasteiger partial charge in [-0.25, -0.2) is 4.79 Å². The van der Waals surface area contributed by atoms with Gasteiger partial charge in [0.2, 0.25) is 0 Å². The van der Waals surface area contributed by atoms with E-state index in [1.54, 1.807) is 24.3 Å². The normalized spacial score (nSPS) is 10.3. The summed E-state index contributed by atoms with van der Waals surface area (Å²) in [5.74, 6) is -0.825. The van der Waals surface area contributed by atoms with Gasteiger partial charge >= 0.3 is 5.97 Å². The number of carbonyl (C=O) groups excluding carboxylic acids is 2. The third kappa shape index (κ3) is 3.56. The van der Waals surface area contributed by atoms with Crippen LogP contribution in [0.5, 0.6) is 0 Å². The van der Waals surface area contributed by atoms with Crippen LogP contribution < -0.4 is 0 Å². The van der Waals surface area contributed by atoms with Gasteiger partial charge in [0.15, 0.2) is 5.78 Å². The molecule has 0 heterocycles. The van der Waals surface area contributed by atoms with Gasteiger partial charge in [0.05, 0.1) is 7.11 Å². The van der Waals surface area contributed by atoms with Crippen molar-refractivity contribution in [2.75, 3.05) is 7.11 Å². The van der Waals surface area contributed by atoms with Crippen LogP contribution in [-0.4, -0.2) is 18.9 Å². The number of carbonyl (C=O) groups is 2. The predicted octanol–water partition coefficient (Wildman–Crippen LogP) is 2.25. The average Bonchev–Trinajstić information content (AvgIpc) is 2.26. The summed E-state index contributed by atoms with van der Waals surface area (Å²) in [7, 11) is 1.25. The van der Waals surface area contributed by atoms with Crippen molar-refractivity contribution in [2.24, 2.45) is 0 Å². The number of allylic oxidation sites excluding steroid dienone is 1. The van der Waals surface area contributed by atoms with Gasteiger partial charge < -0.3 is 4.74 Å². The van der Waals surface area contributed by atoms with Crippen molar-refractivity contribution in [3.8, 4) is 0 Å². The number of rotatable bonds is 3. The van der Waals surface area contributed by atoms with Gasteiger partial charge in [-0.05, 0) is 30.3 Å². The summed E-state index contributed by atoms with van der Waals surface area (Å²) in [4.78, 5) is 22.2. The molecule has 0 radical (unpaired) electrons. The van der Waals surface area contributed by atoms with E-state index in [2.05, 4.69) is 4.74 Å². The molecule has 0 spiro atoms. The first-order valence-corrected chi connectivity index (χ1v) is 4.57. The molecular weight excluding hydrogens is 216 g/mol. The van der Waals surface area contributed by atoms with Gasteiger partial charge in [-0.1, -0.05) is 11.6 Å². The largest absolute Gasteiger partial charge is 0.466 e. The highest BCUT2D eigenvalue weighted by molar-refractivity contribution is 6.30. The summed E-state index contributed by atoms with van der Waals surface area (Å²) in [6, 6.07) is 6.40. The second kappa shape index (κ2) is 5.32. The van der Waals surface area contributed by atoms with Crippen molar-refractivity contribution in [1.29, 1.82) is 0 Å². The molecule has 0 amide bonds. The van der Waals surface area contributed by atoms with Crippen LogP contribution in [0.4, 0.5) is 0 Å². The molecule has 0 fully saturated rings. The van der Waals surface area contributed by atoms with Crippen LogP contribution in [-0.2, 0) is 9.53 Å². The number of esters is 1. The number of methoxy groups -OCH3 is 1. The van der Waals surface area contributed by atoms with Gasteiger partial charge in [0.25, 0.3) is 0 Å². The van der Waals surface area contributed by atoms with Crippen LogP contribution in [0.2, 0.25) is 5.02 Å².